The molecular formula is C17H20ClNO6. The Morgan fingerprint density at radius 3 is 2.52 bits per heavy atom. The molecule has 1 heterocycles. The van der Waals surface area contributed by atoms with Crippen LogP contribution in [0.4, 0.5) is 0 Å². The summed E-state index contributed by atoms with van der Waals surface area (Å²) in [4.78, 5) is 18.2. The molecule has 2 rings (SSSR count). The smallest absolute Gasteiger partial charge is 0.414 e. The topological polar surface area (TPSA) is 109 Å². The van der Waals surface area contributed by atoms with Crippen LogP contribution in [0.2, 0.25) is 5.02 Å². The van der Waals surface area contributed by atoms with Gasteiger partial charge in [0, 0.05) is 11.6 Å². The van der Waals surface area contributed by atoms with Gasteiger partial charge in [-0.1, -0.05) is 18.5 Å². The molecule has 0 aliphatic carbocycles. The van der Waals surface area contributed by atoms with Gasteiger partial charge in [0.1, 0.15) is 18.1 Å². The molecule has 0 atom stereocenters. The summed E-state index contributed by atoms with van der Waals surface area (Å²) >= 11 is 6.06. The van der Waals surface area contributed by atoms with E-state index < -0.39 is 11.9 Å². The van der Waals surface area contributed by atoms with Gasteiger partial charge in [-0.15, -0.1) is 0 Å². The minimum absolute atomic E-state index is 0.617. The Labute approximate surface area is 150 Å². The molecule has 0 unspecified atom stereocenters. The van der Waals surface area contributed by atoms with Crippen LogP contribution in [0, 0.1) is 0 Å². The number of carboxylic acid groups (broad SMARTS) is 2. The molecule has 0 radical (unpaired) electrons. The maximum Gasteiger partial charge on any atom is 0.414 e. The van der Waals surface area contributed by atoms with Crippen molar-refractivity contribution in [3.63, 3.8) is 0 Å². The van der Waals surface area contributed by atoms with Crippen molar-refractivity contribution in [2.75, 3.05) is 13.2 Å². The van der Waals surface area contributed by atoms with Gasteiger partial charge in [0.2, 0.25) is 0 Å². The minimum atomic E-state index is -1.82. The van der Waals surface area contributed by atoms with Crippen LogP contribution in [0.15, 0.2) is 41.0 Å². The molecule has 1 aromatic carbocycles. The van der Waals surface area contributed by atoms with Crippen LogP contribution in [-0.2, 0) is 22.6 Å². The number of nitrogens with one attached hydrogen (secondary N) is 1. The van der Waals surface area contributed by atoms with Crippen LogP contribution >= 0.6 is 11.6 Å². The first-order valence-corrected chi connectivity index (χ1v) is 7.92. The van der Waals surface area contributed by atoms with Gasteiger partial charge in [0.25, 0.3) is 0 Å². The Morgan fingerprint density at radius 1 is 1.24 bits per heavy atom. The van der Waals surface area contributed by atoms with Crippen LogP contribution < -0.4 is 10.1 Å². The minimum Gasteiger partial charge on any atom is -0.492 e. The Hall–Kier alpha value is -2.51. The van der Waals surface area contributed by atoms with Crippen LogP contribution in [0.1, 0.15) is 18.2 Å². The van der Waals surface area contributed by atoms with E-state index >= 15 is 0 Å². The summed E-state index contributed by atoms with van der Waals surface area (Å²) in [7, 11) is 0. The summed E-state index contributed by atoms with van der Waals surface area (Å²) in [5, 5.41) is 18.8. The van der Waals surface area contributed by atoms with Crippen molar-refractivity contribution in [2.24, 2.45) is 0 Å². The SMILES string of the molecule is CCc1cc(OCCNCc2ccco2)ccc1Cl.O=C(O)C(=O)O. The van der Waals surface area contributed by atoms with Crippen molar-refractivity contribution in [1.29, 1.82) is 0 Å². The number of rotatable bonds is 7. The van der Waals surface area contributed by atoms with Gasteiger partial charge in [-0.3, -0.25) is 0 Å². The molecule has 136 valence electrons. The lowest BCUT2D eigenvalue weighted by atomic mass is 10.1. The van der Waals surface area contributed by atoms with Crippen LogP contribution in [0.5, 0.6) is 5.75 Å². The van der Waals surface area contributed by atoms with Gasteiger partial charge in [-0.05, 0) is 42.3 Å². The monoisotopic (exact) mass is 369 g/mol. The highest BCUT2D eigenvalue weighted by Gasteiger charge is 2.04. The predicted molar refractivity (Wildman–Crippen MR) is 92.0 cm³/mol. The molecule has 0 saturated carbocycles. The Bertz CT molecular complexity index is 660. The maximum atomic E-state index is 9.10. The van der Waals surface area contributed by atoms with Gasteiger partial charge in [-0.25, -0.2) is 9.59 Å². The van der Waals surface area contributed by atoms with Crippen LogP contribution in [0.3, 0.4) is 0 Å². The van der Waals surface area contributed by atoms with E-state index in [0.29, 0.717) is 6.61 Å². The number of halogens is 1. The number of aliphatic carboxylic acids is 2. The molecule has 0 aliphatic rings. The molecule has 0 amide bonds. The first kappa shape index (κ1) is 20.5. The standard InChI is InChI=1S/C15H18ClNO2.C2H2O4/c1-2-12-10-13(5-6-15(12)16)19-9-7-17-11-14-4-3-8-18-14;3-1(4)2(5)6/h3-6,8,10,17H,2,7,9,11H2,1H3;(H,3,4)(H,5,6). The fraction of sp³-hybridized carbons (Fsp3) is 0.294. The van der Waals surface area contributed by atoms with E-state index in [4.69, 9.17) is 40.6 Å². The molecule has 3 N–H and O–H groups in total. The molecule has 8 heteroatoms. The number of ether oxygens (including phenoxy) is 1. The first-order chi connectivity index (χ1) is 11.9. The Morgan fingerprint density at radius 2 is 1.96 bits per heavy atom. The average molecular weight is 370 g/mol. The molecule has 0 aliphatic heterocycles. The second-order valence-corrected chi connectivity index (χ2v) is 5.23. The molecule has 25 heavy (non-hydrogen) atoms. The maximum absolute atomic E-state index is 9.10. The van der Waals surface area contributed by atoms with E-state index in [-0.39, 0.29) is 0 Å². The van der Waals surface area contributed by atoms with Gasteiger partial charge in [0.05, 0.1) is 12.8 Å². The van der Waals surface area contributed by atoms with Crippen molar-refractivity contribution >= 4 is 23.5 Å². The van der Waals surface area contributed by atoms with Gasteiger partial charge >= 0.3 is 11.9 Å². The largest absolute Gasteiger partial charge is 0.492 e. The summed E-state index contributed by atoms with van der Waals surface area (Å²) in [6.45, 7) is 4.18. The van der Waals surface area contributed by atoms with E-state index in [0.717, 1.165) is 41.6 Å². The van der Waals surface area contributed by atoms with Gasteiger partial charge in [-0.2, -0.15) is 0 Å². The number of benzene rings is 1. The van der Waals surface area contributed by atoms with Gasteiger partial charge in [0.15, 0.2) is 0 Å². The lowest BCUT2D eigenvalue weighted by Gasteiger charge is -2.09. The molecule has 0 bridgehead atoms. The Kier molecular flexibility index (Phi) is 9.13. The second-order valence-electron chi connectivity index (χ2n) is 4.82. The fourth-order valence-corrected chi connectivity index (χ4v) is 2.03. The van der Waals surface area contributed by atoms with Crippen molar-refractivity contribution < 1.29 is 29.0 Å². The number of furan rings is 1. The number of carbonyl (C=O) groups is 2. The van der Waals surface area contributed by atoms with E-state index in [1.807, 2.05) is 30.3 Å². The lowest BCUT2D eigenvalue weighted by molar-refractivity contribution is -0.159. The van der Waals surface area contributed by atoms with E-state index in [1.165, 1.54) is 0 Å². The highest BCUT2D eigenvalue weighted by atomic mass is 35.5. The third-order valence-corrected chi connectivity index (χ3v) is 3.38. The lowest BCUT2D eigenvalue weighted by Crippen LogP contribution is -2.20. The van der Waals surface area contributed by atoms with Crippen molar-refractivity contribution in [3.05, 3.63) is 52.9 Å². The average Bonchev–Trinajstić information content (AvgIpc) is 3.10. The third kappa shape index (κ3) is 8.23. The number of aryl methyl sites for hydroxylation is 1. The summed E-state index contributed by atoms with van der Waals surface area (Å²) in [6, 6.07) is 9.60. The zero-order chi connectivity index (χ0) is 18.7. The highest BCUT2D eigenvalue weighted by molar-refractivity contribution is 6.31. The van der Waals surface area contributed by atoms with Crippen LogP contribution in [0.25, 0.3) is 0 Å². The quantitative estimate of drug-likeness (QED) is 0.508. The third-order valence-electron chi connectivity index (χ3n) is 3.01. The molecule has 0 saturated heterocycles. The second kappa shape index (κ2) is 11.1. The summed E-state index contributed by atoms with van der Waals surface area (Å²) in [5.74, 6) is -1.86. The zero-order valence-corrected chi connectivity index (χ0v) is 14.5. The predicted octanol–water partition coefficient (Wildman–Crippen LogP) is 2.82. The van der Waals surface area contributed by atoms with Crippen LogP contribution in [-0.4, -0.2) is 35.3 Å². The molecular weight excluding hydrogens is 350 g/mol. The molecule has 0 spiro atoms. The van der Waals surface area contributed by atoms with Crippen molar-refractivity contribution in [1.82, 2.24) is 5.32 Å². The number of hydrogen-bond acceptors (Lipinski definition) is 5. The first-order valence-electron chi connectivity index (χ1n) is 7.54. The fourth-order valence-electron chi connectivity index (χ4n) is 1.78. The molecule has 1 aromatic heterocycles. The zero-order valence-electron chi connectivity index (χ0n) is 13.7. The normalized spacial score (nSPS) is 9.84. The molecule has 2 aromatic rings. The number of hydrogen-bond donors (Lipinski definition) is 3. The summed E-state index contributed by atoms with van der Waals surface area (Å²) < 4.78 is 10.9. The van der Waals surface area contributed by atoms with E-state index in [2.05, 4.69) is 12.2 Å². The van der Waals surface area contributed by atoms with Gasteiger partial charge < -0.3 is 24.7 Å². The summed E-state index contributed by atoms with van der Waals surface area (Å²) in [5.41, 5.74) is 1.11. The molecule has 7 nitrogen and oxygen atoms in total. The molecule has 0 fully saturated rings. The van der Waals surface area contributed by atoms with E-state index in [1.54, 1.807) is 6.26 Å². The summed E-state index contributed by atoms with van der Waals surface area (Å²) in [6.07, 6.45) is 2.58. The van der Waals surface area contributed by atoms with Crippen molar-refractivity contribution in [2.45, 2.75) is 19.9 Å². The number of carboxylic acids is 2. The van der Waals surface area contributed by atoms with E-state index in [9.17, 15) is 0 Å². The van der Waals surface area contributed by atoms with Crippen molar-refractivity contribution in [3.8, 4) is 5.75 Å². The highest BCUT2D eigenvalue weighted by Crippen LogP contribution is 2.22. The Balaban J connectivity index is 0.000000450.